The van der Waals surface area contributed by atoms with Gasteiger partial charge in [-0.1, -0.05) is 54.6 Å². The second-order valence-electron chi connectivity index (χ2n) is 5.08. The number of hydrogen-bond donors (Lipinski definition) is 2. The third-order valence-corrected chi connectivity index (χ3v) is 3.33. The Kier molecular flexibility index (Phi) is 6.58. The topological polar surface area (TPSA) is 75.6 Å². The normalized spacial score (nSPS) is 10.5. The second-order valence-corrected chi connectivity index (χ2v) is 5.08. The molecule has 124 valence electrons. The van der Waals surface area contributed by atoms with Crippen molar-refractivity contribution in [2.75, 3.05) is 6.54 Å². The first kappa shape index (κ1) is 17.3. The lowest BCUT2D eigenvalue weighted by molar-refractivity contribution is 0.112. The monoisotopic (exact) mass is 325 g/mol. The van der Waals surface area contributed by atoms with Gasteiger partial charge in [0.1, 0.15) is 12.4 Å². The first-order chi connectivity index (χ1) is 11.7. The Morgan fingerprint density at radius 2 is 1.92 bits per heavy atom. The van der Waals surface area contributed by atoms with E-state index in [1.165, 1.54) is 6.07 Å². The van der Waals surface area contributed by atoms with Crippen molar-refractivity contribution in [1.82, 2.24) is 5.32 Å². The molecule has 0 aliphatic rings. The standard InChI is InChI=1S/C19H19NO4/c21-13-17-16(10-6-11-18(17)22)9-4-5-12-20-19(23)24-14-15-7-2-1-3-8-15/h1-4,6-11,13,22H,5,12,14H2,(H,20,23). The maximum absolute atomic E-state index is 11.6. The van der Waals surface area contributed by atoms with Crippen LogP contribution in [0.1, 0.15) is 27.9 Å². The van der Waals surface area contributed by atoms with Crippen molar-refractivity contribution < 1.29 is 19.4 Å². The number of carbonyl (C=O) groups is 2. The molecule has 0 heterocycles. The quantitative estimate of drug-likeness (QED) is 0.603. The van der Waals surface area contributed by atoms with Gasteiger partial charge in [0.25, 0.3) is 0 Å². The van der Waals surface area contributed by atoms with Gasteiger partial charge in [0, 0.05) is 6.54 Å². The molecule has 2 aromatic carbocycles. The van der Waals surface area contributed by atoms with Gasteiger partial charge >= 0.3 is 6.09 Å². The lowest BCUT2D eigenvalue weighted by Crippen LogP contribution is -2.24. The molecule has 5 heteroatoms. The lowest BCUT2D eigenvalue weighted by Gasteiger charge is -2.06. The van der Waals surface area contributed by atoms with Gasteiger partial charge in [-0.3, -0.25) is 4.79 Å². The molecule has 2 rings (SSSR count). The Labute approximate surface area is 140 Å². The Bertz CT molecular complexity index is 711. The van der Waals surface area contributed by atoms with Crippen molar-refractivity contribution in [2.45, 2.75) is 13.0 Å². The van der Waals surface area contributed by atoms with Crippen molar-refractivity contribution in [3.05, 3.63) is 71.3 Å². The zero-order chi connectivity index (χ0) is 17.2. The molecule has 0 aliphatic heterocycles. The number of benzene rings is 2. The first-order valence-electron chi connectivity index (χ1n) is 7.59. The molecule has 0 aliphatic carbocycles. The van der Waals surface area contributed by atoms with Gasteiger partial charge in [0.2, 0.25) is 0 Å². The van der Waals surface area contributed by atoms with Crippen LogP contribution in [0.2, 0.25) is 0 Å². The molecule has 0 unspecified atom stereocenters. The van der Waals surface area contributed by atoms with E-state index in [-0.39, 0.29) is 17.9 Å². The summed E-state index contributed by atoms with van der Waals surface area (Å²) in [7, 11) is 0. The zero-order valence-corrected chi connectivity index (χ0v) is 13.1. The van der Waals surface area contributed by atoms with Crippen LogP contribution in [0.5, 0.6) is 5.75 Å². The molecule has 0 saturated heterocycles. The summed E-state index contributed by atoms with van der Waals surface area (Å²) < 4.78 is 5.09. The molecular weight excluding hydrogens is 306 g/mol. The van der Waals surface area contributed by atoms with Gasteiger partial charge in [0.15, 0.2) is 6.29 Å². The Balaban J connectivity index is 1.72. The first-order valence-corrected chi connectivity index (χ1v) is 7.59. The summed E-state index contributed by atoms with van der Waals surface area (Å²) in [4.78, 5) is 22.5. The van der Waals surface area contributed by atoms with Crippen LogP contribution in [-0.2, 0) is 11.3 Å². The van der Waals surface area contributed by atoms with Crippen LogP contribution < -0.4 is 5.32 Å². The smallest absolute Gasteiger partial charge is 0.407 e. The van der Waals surface area contributed by atoms with Gasteiger partial charge in [-0.15, -0.1) is 0 Å². The van der Waals surface area contributed by atoms with Crippen LogP contribution in [-0.4, -0.2) is 24.0 Å². The number of phenolic OH excluding ortho intramolecular Hbond substituents is 1. The zero-order valence-electron chi connectivity index (χ0n) is 13.1. The third-order valence-electron chi connectivity index (χ3n) is 3.33. The lowest BCUT2D eigenvalue weighted by atomic mass is 10.1. The number of amides is 1. The minimum Gasteiger partial charge on any atom is -0.507 e. The summed E-state index contributed by atoms with van der Waals surface area (Å²) in [5.41, 5.74) is 1.82. The Morgan fingerprint density at radius 3 is 2.67 bits per heavy atom. The van der Waals surface area contributed by atoms with E-state index in [4.69, 9.17) is 4.74 Å². The number of alkyl carbamates (subject to hydrolysis) is 1. The summed E-state index contributed by atoms with van der Waals surface area (Å²) in [6, 6.07) is 14.3. The van der Waals surface area contributed by atoms with Crippen LogP contribution in [0, 0.1) is 0 Å². The van der Waals surface area contributed by atoms with E-state index >= 15 is 0 Å². The molecule has 0 aromatic heterocycles. The van der Waals surface area contributed by atoms with Crippen molar-refractivity contribution in [3.63, 3.8) is 0 Å². The van der Waals surface area contributed by atoms with Crippen LogP contribution in [0.15, 0.2) is 54.6 Å². The highest BCUT2D eigenvalue weighted by atomic mass is 16.5. The highest BCUT2D eigenvalue weighted by Crippen LogP contribution is 2.19. The number of nitrogens with one attached hydrogen (secondary N) is 1. The summed E-state index contributed by atoms with van der Waals surface area (Å²) in [5.74, 6) is -0.0465. The molecule has 2 N–H and O–H groups in total. The SMILES string of the molecule is O=Cc1c(O)cccc1C=CCCNC(=O)OCc1ccccc1. The van der Waals surface area contributed by atoms with Crippen LogP contribution in [0.4, 0.5) is 4.79 Å². The van der Waals surface area contributed by atoms with Gasteiger partial charge in [0.05, 0.1) is 5.56 Å². The summed E-state index contributed by atoms with van der Waals surface area (Å²) >= 11 is 0. The molecule has 1 amide bonds. The molecule has 0 spiro atoms. The molecule has 5 nitrogen and oxygen atoms in total. The fourth-order valence-corrected chi connectivity index (χ4v) is 2.09. The third kappa shape index (κ3) is 5.28. The molecule has 0 atom stereocenters. The molecule has 0 saturated carbocycles. The predicted octanol–water partition coefficient (Wildman–Crippen LogP) is 3.53. The number of rotatable bonds is 7. The minimum absolute atomic E-state index is 0.0465. The molecule has 2 aromatic rings. The Hall–Kier alpha value is -3.08. The molecule has 24 heavy (non-hydrogen) atoms. The number of aromatic hydroxyl groups is 1. The van der Waals surface area contributed by atoms with E-state index in [9.17, 15) is 14.7 Å². The largest absolute Gasteiger partial charge is 0.507 e. The number of aldehydes is 1. The van der Waals surface area contributed by atoms with Crippen LogP contribution >= 0.6 is 0 Å². The van der Waals surface area contributed by atoms with Gasteiger partial charge in [-0.2, -0.15) is 0 Å². The summed E-state index contributed by atoms with van der Waals surface area (Å²) in [6.07, 6.45) is 4.28. The number of phenols is 1. The van der Waals surface area contributed by atoms with Crippen molar-refractivity contribution in [3.8, 4) is 5.75 Å². The average molecular weight is 325 g/mol. The van der Waals surface area contributed by atoms with Crippen molar-refractivity contribution >= 4 is 18.5 Å². The number of ether oxygens (including phenoxy) is 1. The predicted molar refractivity (Wildman–Crippen MR) is 91.8 cm³/mol. The van der Waals surface area contributed by atoms with Crippen molar-refractivity contribution in [1.29, 1.82) is 0 Å². The molecule has 0 fully saturated rings. The highest BCUT2D eigenvalue weighted by Gasteiger charge is 2.03. The fraction of sp³-hybridized carbons (Fsp3) is 0.158. The highest BCUT2D eigenvalue weighted by molar-refractivity contribution is 5.85. The summed E-state index contributed by atoms with van der Waals surface area (Å²) in [6.45, 7) is 0.647. The van der Waals surface area contributed by atoms with E-state index in [0.717, 1.165) is 5.56 Å². The maximum Gasteiger partial charge on any atom is 0.407 e. The van der Waals surface area contributed by atoms with E-state index in [1.54, 1.807) is 18.2 Å². The fourth-order valence-electron chi connectivity index (χ4n) is 2.09. The van der Waals surface area contributed by atoms with E-state index in [1.807, 2.05) is 36.4 Å². The van der Waals surface area contributed by atoms with Gasteiger partial charge in [-0.25, -0.2) is 4.79 Å². The van der Waals surface area contributed by atoms with E-state index < -0.39 is 6.09 Å². The molecular formula is C19H19NO4. The maximum atomic E-state index is 11.6. The van der Waals surface area contributed by atoms with E-state index in [2.05, 4.69) is 5.32 Å². The summed E-state index contributed by atoms with van der Waals surface area (Å²) in [5, 5.41) is 12.2. The van der Waals surface area contributed by atoms with Crippen LogP contribution in [0.25, 0.3) is 6.08 Å². The van der Waals surface area contributed by atoms with Gasteiger partial charge < -0.3 is 15.2 Å². The Morgan fingerprint density at radius 1 is 1.12 bits per heavy atom. The van der Waals surface area contributed by atoms with Gasteiger partial charge in [-0.05, 0) is 23.6 Å². The number of hydrogen-bond acceptors (Lipinski definition) is 4. The molecule has 0 bridgehead atoms. The van der Waals surface area contributed by atoms with Crippen LogP contribution in [0.3, 0.4) is 0 Å². The molecule has 0 radical (unpaired) electrons. The number of carbonyl (C=O) groups excluding carboxylic acids is 2. The second kappa shape index (κ2) is 9.15. The van der Waals surface area contributed by atoms with E-state index in [0.29, 0.717) is 24.8 Å². The minimum atomic E-state index is -0.474. The van der Waals surface area contributed by atoms with Crippen molar-refractivity contribution in [2.24, 2.45) is 0 Å². The average Bonchev–Trinajstić information content (AvgIpc) is 2.60.